The molecule has 0 bridgehead atoms. The summed E-state index contributed by atoms with van der Waals surface area (Å²) in [6.07, 6.45) is -1.05. The molecule has 196 valence electrons. The summed E-state index contributed by atoms with van der Waals surface area (Å²) in [5.74, 6) is -1.35. The van der Waals surface area contributed by atoms with Gasteiger partial charge in [-0.1, -0.05) is 13.0 Å². The maximum atomic E-state index is 13.5. The molecule has 36 heavy (non-hydrogen) atoms. The van der Waals surface area contributed by atoms with E-state index in [0.29, 0.717) is 18.9 Å². The van der Waals surface area contributed by atoms with Crippen molar-refractivity contribution in [3.63, 3.8) is 0 Å². The molecule has 0 saturated carbocycles. The SMILES string of the molecule is CCCN(c1ccc([C@@H](COC)CC(=O)O)cc1Nc1ccc2c(c1)OC(F)(F)O2)C1CCOCC1. The zero-order valence-corrected chi connectivity index (χ0v) is 20.5. The average Bonchev–Trinajstić information content (AvgIpc) is 3.16. The summed E-state index contributed by atoms with van der Waals surface area (Å²) in [6.45, 7) is 4.58. The van der Waals surface area contributed by atoms with Gasteiger partial charge in [-0.25, -0.2) is 0 Å². The van der Waals surface area contributed by atoms with Crippen LogP contribution in [0.5, 0.6) is 11.5 Å². The number of carboxylic acids is 1. The molecule has 0 amide bonds. The second kappa shape index (κ2) is 11.3. The molecule has 2 aromatic carbocycles. The molecule has 2 N–H and O–H groups in total. The highest BCUT2D eigenvalue weighted by Gasteiger charge is 2.43. The molecule has 0 aliphatic carbocycles. The minimum absolute atomic E-state index is 0.0315. The van der Waals surface area contributed by atoms with E-state index in [1.54, 1.807) is 13.2 Å². The molecule has 0 radical (unpaired) electrons. The first-order chi connectivity index (χ1) is 17.3. The maximum absolute atomic E-state index is 13.5. The predicted octanol–water partition coefficient (Wildman–Crippen LogP) is 5.35. The summed E-state index contributed by atoms with van der Waals surface area (Å²) < 4.78 is 47.1. The first-order valence-corrected chi connectivity index (χ1v) is 12.2. The lowest BCUT2D eigenvalue weighted by molar-refractivity contribution is -0.286. The van der Waals surface area contributed by atoms with E-state index in [2.05, 4.69) is 26.6 Å². The van der Waals surface area contributed by atoms with Crippen molar-refractivity contribution in [3.05, 3.63) is 42.0 Å². The molecule has 0 spiro atoms. The van der Waals surface area contributed by atoms with Crippen LogP contribution in [0.3, 0.4) is 0 Å². The van der Waals surface area contributed by atoms with Crippen LogP contribution in [0.15, 0.2) is 36.4 Å². The number of ether oxygens (including phenoxy) is 4. The van der Waals surface area contributed by atoms with Crippen LogP contribution in [0.1, 0.15) is 44.1 Å². The lowest BCUT2D eigenvalue weighted by Gasteiger charge is -2.37. The van der Waals surface area contributed by atoms with E-state index in [4.69, 9.17) is 9.47 Å². The molecule has 0 unspecified atom stereocenters. The quantitative estimate of drug-likeness (QED) is 0.422. The Kier molecular flexibility index (Phi) is 8.15. The monoisotopic (exact) mass is 506 g/mol. The van der Waals surface area contributed by atoms with E-state index >= 15 is 0 Å². The number of nitrogens with zero attached hydrogens (tertiary/aromatic N) is 1. The largest absolute Gasteiger partial charge is 0.586 e. The number of rotatable bonds is 11. The maximum Gasteiger partial charge on any atom is 0.586 e. The summed E-state index contributed by atoms with van der Waals surface area (Å²) in [5, 5.41) is 12.8. The first-order valence-electron chi connectivity index (χ1n) is 12.2. The Labute approximate surface area is 209 Å². The Morgan fingerprint density at radius 2 is 1.94 bits per heavy atom. The van der Waals surface area contributed by atoms with E-state index in [9.17, 15) is 18.7 Å². The van der Waals surface area contributed by atoms with Gasteiger partial charge in [-0.15, -0.1) is 8.78 Å². The van der Waals surface area contributed by atoms with Crippen molar-refractivity contribution in [2.24, 2.45) is 0 Å². The molecule has 8 nitrogen and oxygen atoms in total. The molecule has 1 fully saturated rings. The van der Waals surface area contributed by atoms with Gasteiger partial charge in [-0.2, -0.15) is 0 Å². The van der Waals surface area contributed by atoms with Gasteiger partial charge in [-0.05, 0) is 49.1 Å². The lowest BCUT2D eigenvalue weighted by Crippen LogP contribution is -2.40. The first kappa shape index (κ1) is 26.0. The van der Waals surface area contributed by atoms with Crippen LogP contribution in [0, 0.1) is 0 Å². The minimum atomic E-state index is -3.70. The summed E-state index contributed by atoms with van der Waals surface area (Å²) in [6, 6.07) is 10.7. The Bertz CT molecular complexity index is 1060. The summed E-state index contributed by atoms with van der Waals surface area (Å²) in [5.41, 5.74) is 3.03. The minimum Gasteiger partial charge on any atom is -0.481 e. The molecule has 4 rings (SSSR count). The van der Waals surface area contributed by atoms with Crippen LogP contribution in [0.25, 0.3) is 0 Å². The smallest absolute Gasteiger partial charge is 0.481 e. The van der Waals surface area contributed by atoms with Crippen molar-refractivity contribution in [2.45, 2.75) is 50.9 Å². The zero-order valence-electron chi connectivity index (χ0n) is 20.5. The zero-order chi connectivity index (χ0) is 25.7. The van der Waals surface area contributed by atoms with Gasteiger partial charge in [0.2, 0.25) is 0 Å². The average molecular weight is 507 g/mol. The number of hydrogen-bond donors (Lipinski definition) is 2. The number of hydrogen-bond acceptors (Lipinski definition) is 7. The number of aliphatic carboxylic acids is 1. The number of benzene rings is 2. The summed E-state index contributed by atoms with van der Waals surface area (Å²) in [7, 11) is 1.54. The molecular formula is C26H32F2N2O6. The van der Waals surface area contributed by atoms with E-state index < -0.39 is 12.3 Å². The molecule has 2 aromatic rings. The fraction of sp³-hybridized carbons (Fsp3) is 0.500. The van der Waals surface area contributed by atoms with Crippen LogP contribution < -0.4 is 19.7 Å². The molecule has 1 atom stereocenters. The summed E-state index contributed by atoms with van der Waals surface area (Å²) >= 11 is 0. The third-order valence-electron chi connectivity index (χ3n) is 6.37. The van der Waals surface area contributed by atoms with Crippen molar-refractivity contribution in [2.75, 3.05) is 43.7 Å². The molecule has 2 heterocycles. The van der Waals surface area contributed by atoms with E-state index in [1.165, 1.54) is 12.1 Å². The van der Waals surface area contributed by atoms with Gasteiger partial charge >= 0.3 is 12.3 Å². The van der Waals surface area contributed by atoms with Crippen molar-refractivity contribution < 1.29 is 37.6 Å². The van der Waals surface area contributed by atoms with Crippen LogP contribution >= 0.6 is 0 Å². The molecule has 0 aromatic heterocycles. The number of fused-ring (bicyclic) bond motifs is 1. The lowest BCUT2D eigenvalue weighted by atomic mass is 9.94. The second-order valence-electron chi connectivity index (χ2n) is 9.02. The number of anilines is 3. The number of carboxylic acid groups (broad SMARTS) is 1. The fourth-order valence-corrected chi connectivity index (χ4v) is 4.76. The Morgan fingerprint density at radius 1 is 1.19 bits per heavy atom. The van der Waals surface area contributed by atoms with E-state index in [0.717, 1.165) is 42.7 Å². The van der Waals surface area contributed by atoms with Gasteiger partial charge in [0.15, 0.2) is 11.5 Å². The Hall–Kier alpha value is -3.11. The van der Waals surface area contributed by atoms with Crippen LogP contribution in [-0.4, -0.2) is 56.9 Å². The van der Waals surface area contributed by atoms with Crippen molar-refractivity contribution in [3.8, 4) is 11.5 Å². The molecule has 1 saturated heterocycles. The number of alkyl halides is 2. The van der Waals surface area contributed by atoms with Crippen LogP contribution in [0.2, 0.25) is 0 Å². The van der Waals surface area contributed by atoms with Crippen LogP contribution in [-0.2, 0) is 14.3 Å². The molecule has 10 heteroatoms. The van der Waals surface area contributed by atoms with Gasteiger partial charge in [0.05, 0.1) is 24.4 Å². The summed E-state index contributed by atoms with van der Waals surface area (Å²) in [4.78, 5) is 13.8. The fourth-order valence-electron chi connectivity index (χ4n) is 4.76. The predicted molar refractivity (Wildman–Crippen MR) is 131 cm³/mol. The number of methoxy groups -OCH3 is 1. The normalized spacial score (nSPS) is 17.6. The van der Waals surface area contributed by atoms with Crippen molar-refractivity contribution in [1.29, 1.82) is 0 Å². The second-order valence-corrected chi connectivity index (χ2v) is 9.02. The molecule has 2 aliphatic heterocycles. The van der Waals surface area contributed by atoms with Gasteiger partial charge in [0.1, 0.15) is 0 Å². The third-order valence-corrected chi connectivity index (χ3v) is 6.37. The Morgan fingerprint density at radius 3 is 2.64 bits per heavy atom. The molecular weight excluding hydrogens is 474 g/mol. The van der Waals surface area contributed by atoms with Gasteiger partial charge in [0.25, 0.3) is 0 Å². The number of nitrogens with one attached hydrogen (secondary N) is 1. The van der Waals surface area contributed by atoms with E-state index in [-0.39, 0.29) is 36.5 Å². The number of carbonyl (C=O) groups is 1. The molecule has 2 aliphatic rings. The van der Waals surface area contributed by atoms with Crippen molar-refractivity contribution in [1.82, 2.24) is 0 Å². The topological polar surface area (TPSA) is 89.5 Å². The van der Waals surface area contributed by atoms with Gasteiger partial charge < -0.3 is 34.3 Å². The number of halogens is 2. The third kappa shape index (κ3) is 6.17. The standard InChI is InChI=1S/C26H32F2N2O6/c1-3-10-30(20-8-11-34-12-9-20)22-6-4-17(18(16-33-2)14-25(31)32)13-21(22)29-19-5-7-23-24(15-19)36-26(27,28)35-23/h4-7,13,15,18,20,29H,3,8-12,14,16H2,1-2H3,(H,31,32)/t18-/m1/s1. The van der Waals surface area contributed by atoms with Crippen LogP contribution in [0.4, 0.5) is 25.8 Å². The Balaban J connectivity index is 1.72. The highest BCUT2D eigenvalue weighted by molar-refractivity contribution is 5.78. The highest BCUT2D eigenvalue weighted by atomic mass is 19.3. The van der Waals surface area contributed by atoms with Gasteiger partial charge in [0, 0.05) is 50.6 Å². The highest BCUT2D eigenvalue weighted by Crippen LogP contribution is 2.43. The van der Waals surface area contributed by atoms with Crippen molar-refractivity contribution >= 4 is 23.0 Å². The van der Waals surface area contributed by atoms with Gasteiger partial charge in [-0.3, -0.25) is 4.79 Å². The van der Waals surface area contributed by atoms with E-state index in [1.807, 2.05) is 18.2 Å².